The van der Waals surface area contributed by atoms with Crippen molar-refractivity contribution in [2.75, 3.05) is 18.0 Å². The predicted octanol–water partition coefficient (Wildman–Crippen LogP) is 2.84. The summed E-state index contributed by atoms with van der Waals surface area (Å²) in [5, 5.41) is 11.5. The van der Waals surface area contributed by atoms with E-state index in [4.69, 9.17) is 4.98 Å². The van der Waals surface area contributed by atoms with Crippen LogP contribution in [0.5, 0.6) is 0 Å². The van der Waals surface area contributed by atoms with Gasteiger partial charge in [0.05, 0.1) is 11.0 Å². The van der Waals surface area contributed by atoms with E-state index in [1.165, 1.54) is 35.1 Å². The van der Waals surface area contributed by atoms with Gasteiger partial charge in [-0.2, -0.15) is 0 Å². The van der Waals surface area contributed by atoms with Gasteiger partial charge in [0.25, 0.3) is 0 Å². The number of fused-ring (bicyclic) bond motifs is 3. The molecule has 1 atom stereocenters. The first-order chi connectivity index (χ1) is 10.0. The SMILES string of the molecule is Cc1nc(N2CCC(C)(O)C2)c2c3c(sc2n1)CCCC3. The van der Waals surface area contributed by atoms with E-state index in [0.717, 1.165) is 35.9 Å². The Morgan fingerprint density at radius 3 is 2.81 bits per heavy atom. The van der Waals surface area contributed by atoms with E-state index in [-0.39, 0.29) is 0 Å². The van der Waals surface area contributed by atoms with Gasteiger partial charge in [0.15, 0.2) is 0 Å². The Kier molecular flexibility index (Phi) is 2.98. The highest BCUT2D eigenvalue weighted by Crippen LogP contribution is 2.41. The highest BCUT2D eigenvalue weighted by atomic mass is 32.1. The number of anilines is 1. The molecule has 4 nitrogen and oxygen atoms in total. The highest BCUT2D eigenvalue weighted by Gasteiger charge is 2.34. The van der Waals surface area contributed by atoms with Crippen molar-refractivity contribution < 1.29 is 5.11 Å². The van der Waals surface area contributed by atoms with Gasteiger partial charge in [0, 0.05) is 18.0 Å². The fourth-order valence-corrected chi connectivity index (χ4v) is 4.90. The maximum Gasteiger partial charge on any atom is 0.141 e. The van der Waals surface area contributed by atoms with Crippen molar-refractivity contribution in [1.29, 1.82) is 0 Å². The molecule has 0 radical (unpaired) electrons. The second-order valence-electron chi connectivity index (χ2n) is 6.65. The number of thiophene rings is 1. The molecule has 0 spiro atoms. The summed E-state index contributed by atoms with van der Waals surface area (Å²) < 4.78 is 0. The van der Waals surface area contributed by atoms with Gasteiger partial charge in [-0.05, 0) is 51.5 Å². The molecule has 0 saturated carbocycles. The molecule has 1 unspecified atom stereocenters. The summed E-state index contributed by atoms with van der Waals surface area (Å²) in [5.74, 6) is 1.89. The fraction of sp³-hybridized carbons (Fsp3) is 0.625. The predicted molar refractivity (Wildman–Crippen MR) is 86.2 cm³/mol. The molecule has 1 fully saturated rings. The minimum atomic E-state index is -0.596. The van der Waals surface area contributed by atoms with Gasteiger partial charge in [0.1, 0.15) is 16.5 Å². The van der Waals surface area contributed by atoms with Crippen LogP contribution < -0.4 is 4.90 Å². The summed E-state index contributed by atoms with van der Waals surface area (Å²) in [5.41, 5.74) is 0.879. The van der Waals surface area contributed by atoms with E-state index < -0.39 is 5.60 Å². The van der Waals surface area contributed by atoms with Crippen molar-refractivity contribution in [3.8, 4) is 0 Å². The summed E-state index contributed by atoms with van der Waals surface area (Å²) >= 11 is 1.85. The average molecular weight is 303 g/mol. The zero-order chi connectivity index (χ0) is 14.6. The van der Waals surface area contributed by atoms with Crippen molar-refractivity contribution in [2.24, 2.45) is 0 Å². The molecule has 1 N–H and O–H groups in total. The molecule has 1 saturated heterocycles. The van der Waals surface area contributed by atoms with E-state index in [1.807, 2.05) is 25.2 Å². The van der Waals surface area contributed by atoms with Crippen molar-refractivity contribution in [2.45, 2.75) is 51.6 Å². The van der Waals surface area contributed by atoms with Crippen LogP contribution in [0.4, 0.5) is 5.82 Å². The summed E-state index contributed by atoms with van der Waals surface area (Å²) in [6, 6.07) is 0. The van der Waals surface area contributed by atoms with Crippen LogP contribution in [0.3, 0.4) is 0 Å². The first-order valence-electron chi connectivity index (χ1n) is 7.80. The summed E-state index contributed by atoms with van der Waals surface area (Å²) in [6.45, 7) is 5.43. The second kappa shape index (κ2) is 4.65. The van der Waals surface area contributed by atoms with E-state index in [1.54, 1.807) is 0 Å². The molecule has 0 amide bonds. The summed E-state index contributed by atoms with van der Waals surface area (Å²) in [6.07, 6.45) is 5.71. The molecular weight excluding hydrogens is 282 g/mol. The van der Waals surface area contributed by atoms with Crippen LogP contribution in [0.15, 0.2) is 0 Å². The van der Waals surface area contributed by atoms with Crippen LogP contribution in [0.2, 0.25) is 0 Å². The third-order valence-corrected chi connectivity index (χ3v) is 5.84. The molecule has 2 aromatic heterocycles. The maximum atomic E-state index is 10.3. The van der Waals surface area contributed by atoms with Gasteiger partial charge in [-0.3, -0.25) is 0 Å². The molecule has 0 aromatic carbocycles. The molecule has 2 aromatic rings. The second-order valence-corrected chi connectivity index (χ2v) is 7.74. The van der Waals surface area contributed by atoms with Gasteiger partial charge < -0.3 is 10.0 Å². The minimum absolute atomic E-state index is 0.596. The lowest BCUT2D eigenvalue weighted by Crippen LogP contribution is -2.30. The van der Waals surface area contributed by atoms with Crippen molar-refractivity contribution in [1.82, 2.24) is 9.97 Å². The fourth-order valence-electron chi connectivity index (χ4n) is 3.60. The zero-order valence-electron chi connectivity index (χ0n) is 12.6. The number of hydrogen-bond donors (Lipinski definition) is 1. The lowest BCUT2D eigenvalue weighted by atomic mass is 9.97. The first-order valence-corrected chi connectivity index (χ1v) is 8.61. The first kappa shape index (κ1) is 13.5. The number of aryl methyl sites for hydroxylation is 3. The van der Waals surface area contributed by atoms with E-state index in [9.17, 15) is 5.11 Å². The van der Waals surface area contributed by atoms with Gasteiger partial charge >= 0.3 is 0 Å². The average Bonchev–Trinajstić information content (AvgIpc) is 2.97. The van der Waals surface area contributed by atoms with Crippen LogP contribution in [-0.2, 0) is 12.8 Å². The summed E-state index contributed by atoms with van der Waals surface area (Å²) in [7, 11) is 0. The number of β-amino-alcohol motifs (C(OH)–C–C–N with tert-alkyl or cyclic N) is 1. The van der Waals surface area contributed by atoms with Gasteiger partial charge in [-0.1, -0.05) is 0 Å². The topological polar surface area (TPSA) is 49.2 Å². The lowest BCUT2D eigenvalue weighted by Gasteiger charge is -2.22. The van der Waals surface area contributed by atoms with Crippen molar-refractivity contribution >= 4 is 27.4 Å². The molecule has 5 heteroatoms. The molecule has 3 heterocycles. The van der Waals surface area contributed by atoms with Crippen LogP contribution in [0.1, 0.15) is 42.5 Å². The molecule has 0 bridgehead atoms. The lowest BCUT2D eigenvalue weighted by molar-refractivity contribution is 0.0839. The van der Waals surface area contributed by atoms with Gasteiger partial charge in [-0.25, -0.2) is 9.97 Å². The Labute approximate surface area is 128 Å². The number of rotatable bonds is 1. The van der Waals surface area contributed by atoms with Crippen LogP contribution in [0.25, 0.3) is 10.2 Å². The molecule has 1 aliphatic heterocycles. The van der Waals surface area contributed by atoms with E-state index >= 15 is 0 Å². The quantitative estimate of drug-likeness (QED) is 0.880. The Bertz CT molecular complexity index is 707. The Balaban J connectivity index is 1.89. The van der Waals surface area contributed by atoms with E-state index in [0.29, 0.717) is 6.54 Å². The molecule has 2 aliphatic rings. The van der Waals surface area contributed by atoms with E-state index in [2.05, 4.69) is 9.88 Å². The largest absolute Gasteiger partial charge is 0.388 e. The molecule has 21 heavy (non-hydrogen) atoms. The Hall–Kier alpha value is -1.20. The van der Waals surface area contributed by atoms with Gasteiger partial charge in [-0.15, -0.1) is 11.3 Å². The minimum Gasteiger partial charge on any atom is -0.388 e. The molecule has 112 valence electrons. The van der Waals surface area contributed by atoms with Crippen LogP contribution in [0, 0.1) is 6.92 Å². The molecule has 1 aliphatic carbocycles. The Morgan fingerprint density at radius 1 is 1.24 bits per heavy atom. The van der Waals surface area contributed by atoms with Crippen LogP contribution >= 0.6 is 11.3 Å². The Morgan fingerprint density at radius 2 is 2.05 bits per heavy atom. The number of nitrogens with zero attached hydrogens (tertiary/aromatic N) is 3. The monoisotopic (exact) mass is 303 g/mol. The normalized spacial score (nSPS) is 25.6. The summed E-state index contributed by atoms with van der Waals surface area (Å²) in [4.78, 5) is 14.3. The molecule has 4 rings (SSSR count). The van der Waals surface area contributed by atoms with Crippen molar-refractivity contribution in [3.05, 3.63) is 16.3 Å². The van der Waals surface area contributed by atoms with Crippen LogP contribution in [-0.4, -0.2) is 33.8 Å². The smallest absolute Gasteiger partial charge is 0.141 e. The standard InChI is InChI=1S/C16H21N3OS/c1-10-17-14(19-8-7-16(2,20)9-19)13-11-5-3-4-6-12(11)21-15(13)18-10/h20H,3-9H2,1-2H3. The molecular formula is C16H21N3OS. The third-order valence-electron chi connectivity index (χ3n) is 4.66. The van der Waals surface area contributed by atoms with Crippen molar-refractivity contribution in [3.63, 3.8) is 0 Å². The number of aromatic nitrogens is 2. The van der Waals surface area contributed by atoms with Gasteiger partial charge in [0.2, 0.25) is 0 Å². The number of hydrogen-bond acceptors (Lipinski definition) is 5. The maximum absolute atomic E-state index is 10.3. The highest BCUT2D eigenvalue weighted by molar-refractivity contribution is 7.19. The number of aliphatic hydroxyl groups is 1. The third kappa shape index (κ3) is 2.23. The zero-order valence-corrected chi connectivity index (χ0v) is 13.5.